The Hall–Kier alpha value is -1.86. The van der Waals surface area contributed by atoms with Gasteiger partial charge in [0.2, 0.25) is 10.0 Å². The van der Waals surface area contributed by atoms with Crippen LogP contribution in [0.15, 0.2) is 27.6 Å². The van der Waals surface area contributed by atoms with Gasteiger partial charge in [0.05, 0.1) is 17.1 Å². The van der Waals surface area contributed by atoms with E-state index in [0.717, 1.165) is 0 Å². The third-order valence-electron chi connectivity index (χ3n) is 3.03. The van der Waals surface area contributed by atoms with E-state index < -0.39 is 10.0 Å². The molecule has 0 saturated heterocycles. The number of aromatic nitrogens is 1. The molecule has 1 aromatic heterocycles. The molecule has 108 valence electrons. The first-order chi connectivity index (χ1) is 9.31. The van der Waals surface area contributed by atoms with Crippen molar-refractivity contribution in [3.8, 4) is 0 Å². The number of sulfonamides is 1. The standard InChI is InChI=1S/C13H17N3O3S/c1-8-4-5-12(14)10(3)13(8)20(17,18)15-7-11-6-9(2)19-16-11/h4-6,15H,7,14H2,1-3H3. The van der Waals surface area contributed by atoms with Crippen LogP contribution in [0.1, 0.15) is 22.6 Å². The quantitative estimate of drug-likeness (QED) is 0.836. The van der Waals surface area contributed by atoms with Gasteiger partial charge in [0.15, 0.2) is 0 Å². The summed E-state index contributed by atoms with van der Waals surface area (Å²) in [4.78, 5) is 0.220. The Morgan fingerprint density at radius 2 is 2.00 bits per heavy atom. The third-order valence-corrected chi connectivity index (χ3v) is 4.72. The molecule has 0 spiro atoms. The molecular weight excluding hydrogens is 278 g/mol. The lowest BCUT2D eigenvalue weighted by molar-refractivity contribution is 0.390. The van der Waals surface area contributed by atoms with Crippen molar-refractivity contribution < 1.29 is 12.9 Å². The highest BCUT2D eigenvalue weighted by molar-refractivity contribution is 7.89. The van der Waals surface area contributed by atoms with Crippen LogP contribution < -0.4 is 10.5 Å². The molecule has 0 radical (unpaired) electrons. The van der Waals surface area contributed by atoms with Crippen molar-refractivity contribution in [1.29, 1.82) is 0 Å². The number of nitrogens with two attached hydrogens (primary N) is 1. The summed E-state index contributed by atoms with van der Waals surface area (Å²) in [5.41, 5.74) is 7.97. The second-order valence-corrected chi connectivity index (χ2v) is 6.38. The molecule has 0 unspecified atom stereocenters. The summed E-state index contributed by atoms with van der Waals surface area (Å²) in [5.74, 6) is 0.635. The number of nitrogens with one attached hydrogen (secondary N) is 1. The van der Waals surface area contributed by atoms with E-state index in [9.17, 15) is 8.42 Å². The normalized spacial score (nSPS) is 11.8. The molecule has 0 aliphatic heterocycles. The highest BCUT2D eigenvalue weighted by atomic mass is 32.2. The molecule has 2 rings (SSSR count). The van der Waals surface area contributed by atoms with E-state index >= 15 is 0 Å². The van der Waals surface area contributed by atoms with Gasteiger partial charge >= 0.3 is 0 Å². The van der Waals surface area contributed by atoms with Crippen LogP contribution in [0.4, 0.5) is 5.69 Å². The zero-order valence-corrected chi connectivity index (χ0v) is 12.4. The Labute approximate surface area is 118 Å². The molecule has 0 aliphatic rings. The van der Waals surface area contributed by atoms with Gasteiger partial charge < -0.3 is 10.3 Å². The summed E-state index contributed by atoms with van der Waals surface area (Å²) in [6.07, 6.45) is 0. The van der Waals surface area contributed by atoms with E-state index in [1.165, 1.54) is 0 Å². The fourth-order valence-corrected chi connectivity index (χ4v) is 3.49. The van der Waals surface area contributed by atoms with Crippen LogP contribution in [0, 0.1) is 20.8 Å². The molecule has 2 aromatic rings. The highest BCUT2D eigenvalue weighted by Crippen LogP contribution is 2.24. The Bertz CT molecular complexity index is 735. The number of aryl methyl sites for hydroxylation is 2. The number of nitrogen functional groups attached to an aromatic ring is 1. The number of nitrogens with zero attached hydrogens (tertiary/aromatic N) is 1. The minimum absolute atomic E-state index is 0.0767. The number of anilines is 1. The van der Waals surface area contributed by atoms with Gasteiger partial charge in [-0.3, -0.25) is 0 Å². The molecule has 7 heteroatoms. The number of hydrogen-bond donors (Lipinski definition) is 2. The SMILES string of the molecule is Cc1cc(CNS(=O)(=O)c2c(C)ccc(N)c2C)no1. The number of benzene rings is 1. The van der Waals surface area contributed by atoms with Gasteiger partial charge in [0.1, 0.15) is 5.76 Å². The number of hydrogen-bond acceptors (Lipinski definition) is 5. The predicted molar refractivity (Wildman–Crippen MR) is 75.6 cm³/mol. The smallest absolute Gasteiger partial charge is 0.241 e. The second-order valence-electron chi connectivity index (χ2n) is 4.68. The van der Waals surface area contributed by atoms with Crippen LogP contribution in [0.2, 0.25) is 0 Å². The summed E-state index contributed by atoms with van der Waals surface area (Å²) in [7, 11) is -3.64. The highest BCUT2D eigenvalue weighted by Gasteiger charge is 2.21. The summed E-state index contributed by atoms with van der Waals surface area (Å²) >= 11 is 0. The van der Waals surface area contributed by atoms with Crippen molar-refractivity contribution >= 4 is 15.7 Å². The summed E-state index contributed by atoms with van der Waals surface area (Å²) in [5, 5.41) is 3.75. The van der Waals surface area contributed by atoms with Crippen LogP contribution in [0.3, 0.4) is 0 Å². The first kappa shape index (κ1) is 14.5. The molecule has 1 heterocycles. The molecular formula is C13H17N3O3S. The molecule has 0 saturated carbocycles. The fraction of sp³-hybridized carbons (Fsp3) is 0.308. The largest absolute Gasteiger partial charge is 0.398 e. The predicted octanol–water partition coefficient (Wildman–Crippen LogP) is 1.66. The van der Waals surface area contributed by atoms with Crippen molar-refractivity contribution in [3.63, 3.8) is 0 Å². The molecule has 0 bridgehead atoms. The van der Waals surface area contributed by atoms with Crippen molar-refractivity contribution in [1.82, 2.24) is 9.88 Å². The minimum Gasteiger partial charge on any atom is -0.398 e. The van der Waals surface area contributed by atoms with Crippen LogP contribution in [0.25, 0.3) is 0 Å². The van der Waals surface area contributed by atoms with Crippen LogP contribution in [0.5, 0.6) is 0 Å². The van der Waals surface area contributed by atoms with Gasteiger partial charge in [-0.15, -0.1) is 0 Å². The van der Waals surface area contributed by atoms with Crippen molar-refractivity contribution in [2.45, 2.75) is 32.2 Å². The Kier molecular flexibility index (Phi) is 3.82. The maximum atomic E-state index is 12.4. The van der Waals surface area contributed by atoms with Gasteiger partial charge in [-0.25, -0.2) is 13.1 Å². The molecule has 0 aliphatic carbocycles. The lowest BCUT2D eigenvalue weighted by Gasteiger charge is -2.13. The average Bonchev–Trinajstić information content (AvgIpc) is 2.78. The van der Waals surface area contributed by atoms with Crippen LogP contribution in [-0.2, 0) is 16.6 Å². The summed E-state index contributed by atoms with van der Waals surface area (Å²) in [6.45, 7) is 5.25. The van der Waals surface area contributed by atoms with Crippen molar-refractivity contribution in [2.75, 3.05) is 5.73 Å². The van der Waals surface area contributed by atoms with Gasteiger partial charge in [-0.2, -0.15) is 0 Å². The maximum Gasteiger partial charge on any atom is 0.241 e. The topological polar surface area (TPSA) is 98.2 Å². The lowest BCUT2D eigenvalue weighted by atomic mass is 10.1. The van der Waals surface area contributed by atoms with E-state index in [2.05, 4.69) is 9.88 Å². The first-order valence-corrected chi connectivity index (χ1v) is 7.57. The zero-order valence-electron chi connectivity index (χ0n) is 11.6. The molecule has 1 aromatic carbocycles. The first-order valence-electron chi connectivity index (χ1n) is 6.09. The van der Waals surface area contributed by atoms with E-state index in [1.807, 2.05) is 0 Å². The Balaban J connectivity index is 2.29. The van der Waals surface area contributed by atoms with E-state index in [-0.39, 0.29) is 11.4 Å². The van der Waals surface area contributed by atoms with Crippen molar-refractivity contribution in [3.05, 3.63) is 40.8 Å². The Morgan fingerprint density at radius 1 is 1.30 bits per heavy atom. The minimum atomic E-state index is -3.64. The van der Waals surface area contributed by atoms with Crippen LogP contribution in [-0.4, -0.2) is 13.6 Å². The molecule has 0 atom stereocenters. The monoisotopic (exact) mass is 295 g/mol. The van der Waals surface area contributed by atoms with Crippen molar-refractivity contribution in [2.24, 2.45) is 0 Å². The maximum absolute atomic E-state index is 12.4. The lowest BCUT2D eigenvalue weighted by Crippen LogP contribution is -2.25. The fourth-order valence-electron chi connectivity index (χ4n) is 2.00. The molecule has 20 heavy (non-hydrogen) atoms. The van der Waals surface area contributed by atoms with Gasteiger partial charge in [0.25, 0.3) is 0 Å². The summed E-state index contributed by atoms with van der Waals surface area (Å²) in [6, 6.07) is 5.07. The zero-order chi connectivity index (χ0) is 14.9. The van der Waals surface area contributed by atoms with E-state index in [1.54, 1.807) is 39.0 Å². The molecule has 0 amide bonds. The molecule has 0 fully saturated rings. The van der Waals surface area contributed by atoms with Gasteiger partial charge in [-0.1, -0.05) is 11.2 Å². The Morgan fingerprint density at radius 3 is 2.60 bits per heavy atom. The van der Waals surface area contributed by atoms with Gasteiger partial charge in [-0.05, 0) is 38.0 Å². The summed E-state index contributed by atoms with van der Waals surface area (Å²) < 4.78 is 32.2. The van der Waals surface area contributed by atoms with E-state index in [4.69, 9.17) is 10.3 Å². The van der Waals surface area contributed by atoms with E-state index in [0.29, 0.717) is 28.3 Å². The second kappa shape index (κ2) is 5.26. The van der Waals surface area contributed by atoms with Gasteiger partial charge in [0, 0.05) is 11.8 Å². The number of rotatable bonds is 4. The van der Waals surface area contributed by atoms with Crippen LogP contribution >= 0.6 is 0 Å². The third kappa shape index (κ3) is 2.83. The molecule has 6 nitrogen and oxygen atoms in total. The molecule has 3 N–H and O–H groups in total. The average molecular weight is 295 g/mol.